The van der Waals surface area contributed by atoms with Crippen LogP contribution in [0.25, 0.3) is 0 Å². The van der Waals surface area contributed by atoms with Gasteiger partial charge in [-0.05, 0) is 30.9 Å². The number of fused-ring (bicyclic) bond motifs is 1. The number of aromatic nitrogens is 1. The van der Waals surface area contributed by atoms with E-state index >= 15 is 0 Å². The molecule has 1 aromatic rings. The number of nitrogens with zero attached hydrogens (tertiary/aromatic N) is 2. The van der Waals surface area contributed by atoms with Gasteiger partial charge in [0.2, 0.25) is 5.91 Å². The van der Waals surface area contributed by atoms with Gasteiger partial charge < -0.3 is 9.64 Å². The fourth-order valence-electron chi connectivity index (χ4n) is 3.55. The number of hydrogen-bond acceptors (Lipinski definition) is 3. The molecule has 2 fully saturated rings. The first-order chi connectivity index (χ1) is 9.20. The van der Waals surface area contributed by atoms with Gasteiger partial charge in [-0.25, -0.2) is 0 Å². The van der Waals surface area contributed by atoms with Crippen LogP contribution < -0.4 is 4.74 Å². The standard InChI is InChI=1S/C15H20N2O2/c1-12(18)17-9-13-4-2-6-15(13,10-17)11-19-14-5-3-7-16-8-14/h3,5,7-8,13H,2,4,6,9-11H2,1H3/t13-,15-/m1/s1. The molecule has 1 amide bonds. The van der Waals surface area contributed by atoms with Crippen molar-refractivity contribution in [3.63, 3.8) is 0 Å². The zero-order chi connectivity index (χ0) is 13.3. The zero-order valence-corrected chi connectivity index (χ0v) is 11.3. The lowest BCUT2D eigenvalue weighted by molar-refractivity contribution is -0.128. The van der Waals surface area contributed by atoms with Crippen molar-refractivity contribution in [2.45, 2.75) is 26.2 Å². The number of carbonyl (C=O) groups is 1. The number of hydrogen-bond donors (Lipinski definition) is 0. The maximum Gasteiger partial charge on any atom is 0.219 e. The van der Waals surface area contributed by atoms with Crippen molar-refractivity contribution in [3.8, 4) is 5.75 Å². The van der Waals surface area contributed by atoms with Crippen LogP contribution in [0.4, 0.5) is 0 Å². The van der Waals surface area contributed by atoms with Crippen LogP contribution in [-0.2, 0) is 4.79 Å². The van der Waals surface area contributed by atoms with E-state index in [2.05, 4.69) is 4.98 Å². The largest absolute Gasteiger partial charge is 0.491 e. The predicted molar refractivity (Wildman–Crippen MR) is 71.8 cm³/mol. The second-order valence-electron chi connectivity index (χ2n) is 5.83. The van der Waals surface area contributed by atoms with Crippen LogP contribution in [0.15, 0.2) is 24.5 Å². The molecule has 0 unspecified atom stereocenters. The van der Waals surface area contributed by atoms with E-state index < -0.39 is 0 Å². The Morgan fingerprint density at radius 3 is 3.26 bits per heavy atom. The van der Waals surface area contributed by atoms with Crippen LogP contribution in [0, 0.1) is 11.3 Å². The molecule has 0 N–H and O–H groups in total. The predicted octanol–water partition coefficient (Wildman–Crippen LogP) is 2.11. The highest BCUT2D eigenvalue weighted by Gasteiger charge is 2.50. The number of pyridine rings is 1. The fourth-order valence-corrected chi connectivity index (χ4v) is 3.55. The molecule has 0 aromatic carbocycles. The Bertz CT molecular complexity index is 462. The van der Waals surface area contributed by atoms with E-state index in [1.165, 1.54) is 19.3 Å². The van der Waals surface area contributed by atoms with Crippen molar-refractivity contribution >= 4 is 5.91 Å². The lowest BCUT2D eigenvalue weighted by atomic mass is 9.81. The lowest BCUT2D eigenvalue weighted by Gasteiger charge is -2.28. The third-order valence-electron chi connectivity index (χ3n) is 4.65. The van der Waals surface area contributed by atoms with Gasteiger partial charge >= 0.3 is 0 Å². The van der Waals surface area contributed by atoms with Crippen molar-refractivity contribution in [2.24, 2.45) is 11.3 Å². The third-order valence-corrected chi connectivity index (χ3v) is 4.65. The zero-order valence-electron chi connectivity index (χ0n) is 11.3. The van der Waals surface area contributed by atoms with E-state index in [4.69, 9.17) is 4.74 Å². The van der Waals surface area contributed by atoms with E-state index in [9.17, 15) is 4.79 Å². The summed E-state index contributed by atoms with van der Waals surface area (Å²) < 4.78 is 5.92. The molecule has 2 atom stereocenters. The number of amides is 1. The van der Waals surface area contributed by atoms with Crippen LogP contribution in [0.2, 0.25) is 0 Å². The van der Waals surface area contributed by atoms with Gasteiger partial charge in [0.1, 0.15) is 5.75 Å². The Balaban J connectivity index is 1.69. The molecule has 1 aliphatic carbocycles. The van der Waals surface area contributed by atoms with Crippen molar-refractivity contribution < 1.29 is 9.53 Å². The average Bonchev–Trinajstić information content (AvgIpc) is 2.94. The number of likely N-dealkylation sites (tertiary alicyclic amines) is 1. The minimum atomic E-state index is 0.168. The molecule has 1 aromatic heterocycles. The van der Waals surface area contributed by atoms with Crippen molar-refractivity contribution in [1.82, 2.24) is 9.88 Å². The SMILES string of the molecule is CC(=O)N1C[C@H]2CCC[C@]2(COc2cccnc2)C1. The quantitative estimate of drug-likeness (QED) is 0.836. The summed E-state index contributed by atoms with van der Waals surface area (Å²) in [5, 5.41) is 0. The van der Waals surface area contributed by atoms with Crippen LogP contribution in [0.1, 0.15) is 26.2 Å². The summed E-state index contributed by atoms with van der Waals surface area (Å²) in [4.78, 5) is 17.6. The molecule has 1 saturated heterocycles. The molecule has 102 valence electrons. The second-order valence-corrected chi connectivity index (χ2v) is 5.83. The summed E-state index contributed by atoms with van der Waals surface area (Å²) in [6, 6.07) is 3.82. The van der Waals surface area contributed by atoms with Gasteiger partial charge in [0.05, 0.1) is 12.8 Å². The van der Waals surface area contributed by atoms with E-state index in [0.29, 0.717) is 12.5 Å². The molecule has 0 bridgehead atoms. The summed E-state index contributed by atoms with van der Waals surface area (Å²) in [5.41, 5.74) is 0.168. The van der Waals surface area contributed by atoms with Gasteiger partial charge in [0, 0.05) is 31.6 Å². The van der Waals surface area contributed by atoms with Gasteiger partial charge in [-0.1, -0.05) is 6.42 Å². The first-order valence-electron chi connectivity index (χ1n) is 6.98. The highest BCUT2D eigenvalue weighted by molar-refractivity contribution is 5.73. The van der Waals surface area contributed by atoms with E-state index in [-0.39, 0.29) is 11.3 Å². The maximum absolute atomic E-state index is 11.6. The molecule has 3 rings (SSSR count). The van der Waals surface area contributed by atoms with Gasteiger partial charge in [-0.3, -0.25) is 9.78 Å². The maximum atomic E-state index is 11.6. The molecule has 19 heavy (non-hydrogen) atoms. The van der Waals surface area contributed by atoms with Crippen LogP contribution in [0.3, 0.4) is 0 Å². The molecule has 1 saturated carbocycles. The fraction of sp³-hybridized carbons (Fsp3) is 0.600. The molecular weight excluding hydrogens is 240 g/mol. The summed E-state index contributed by atoms with van der Waals surface area (Å²) in [7, 11) is 0. The Labute approximate surface area is 113 Å². The first kappa shape index (κ1) is 12.5. The minimum absolute atomic E-state index is 0.168. The van der Waals surface area contributed by atoms with Crippen LogP contribution >= 0.6 is 0 Å². The van der Waals surface area contributed by atoms with Gasteiger partial charge in [-0.2, -0.15) is 0 Å². The Kier molecular flexibility index (Phi) is 3.17. The first-order valence-corrected chi connectivity index (χ1v) is 6.98. The molecule has 1 aliphatic heterocycles. The van der Waals surface area contributed by atoms with Gasteiger partial charge in [-0.15, -0.1) is 0 Å². The normalized spacial score (nSPS) is 29.3. The third kappa shape index (κ3) is 2.31. The molecule has 2 heterocycles. The van der Waals surface area contributed by atoms with Crippen molar-refractivity contribution in [2.75, 3.05) is 19.7 Å². The van der Waals surface area contributed by atoms with E-state index in [1.54, 1.807) is 19.3 Å². The van der Waals surface area contributed by atoms with E-state index in [1.807, 2.05) is 17.0 Å². The second kappa shape index (κ2) is 4.83. The molecule has 4 heteroatoms. The molecule has 4 nitrogen and oxygen atoms in total. The number of carbonyl (C=O) groups excluding carboxylic acids is 1. The van der Waals surface area contributed by atoms with Crippen molar-refractivity contribution in [3.05, 3.63) is 24.5 Å². The highest BCUT2D eigenvalue weighted by atomic mass is 16.5. The molecule has 0 spiro atoms. The Morgan fingerprint density at radius 2 is 2.53 bits per heavy atom. The number of ether oxygens (including phenoxy) is 1. The Hall–Kier alpha value is -1.58. The van der Waals surface area contributed by atoms with Crippen LogP contribution in [0.5, 0.6) is 5.75 Å². The van der Waals surface area contributed by atoms with Gasteiger partial charge in [0.25, 0.3) is 0 Å². The average molecular weight is 260 g/mol. The molecule has 0 radical (unpaired) electrons. The van der Waals surface area contributed by atoms with Gasteiger partial charge in [0.15, 0.2) is 0 Å². The van der Waals surface area contributed by atoms with Crippen molar-refractivity contribution in [1.29, 1.82) is 0 Å². The summed E-state index contributed by atoms with van der Waals surface area (Å²) in [5.74, 6) is 1.62. The Morgan fingerprint density at radius 1 is 1.63 bits per heavy atom. The lowest BCUT2D eigenvalue weighted by Crippen LogP contribution is -2.34. The monoisotopic (exact) mass is 260 g/mol. The summed E-state index contributed by atoms with van der Waals surface area (Å²) in [6.45, 7) is 4.13. The summed E-state index contributed by atoms with van der Waals surface area (Å²) >= 11 is 0. The topological polar surface area (TPSA) is 42.4 Å². The minimum Gasteiger partial charge on any atom is -0.491 e. The van der Waals surface area contributed by atoms with E-state index in [0.717, 1.165) is 18.8 Å². The highest BCUT2D eigenvalue weighted by Crippen LogP contribution is 2.48. The molecular formula is C15H20N2O2. The molecule has 2 aliphatic rings. The number of rotatable bonds is 3. The smallest absolute Gasteiger partial charge is 0.219 e. The van der Waals surface area contributed by atoms with Crippen LogP contribution in [-0.4, -0.2) is 35.5 Å². The summed E-state index contributed by atoms with van der Waals surface area (Å²) in [6.07, 6.45) is 7.14.